The Labute approximate surface area is 124 Å². The maximum Gasteiger partial charge on any atom is 0.123 e. The lowest BCUT2D eigenvalue weighted by molar-refractivity contribution is 0.467. The van der Waals surface area contributed by atoms with E-state index in [1.165, 1.54) is 0 Å². The fraction of sp³-hybridized carbons (Fsp3) is 0.438. The van der Waals surface area contributed by atoms with E-state index in [1.54, 1.807) is 11.3 Å². The van der Waals surface area contributed by atoms with Gasteiger partial charge in [-0.15, -0.1) is 11.3 Å². The number of anilines is 1. The predicted octanol–water partition coefficient (Wildman–Crippen LogP) is 4.38. The van der Waals surface area contributed by atoms with Crippen LogP contribution in [-0.2, 0) is 12.0 Å². The van der Waals surface area contributed by atoms with Crippen LogP contribution in [0.3, 0.4) is 0 Å². The van der Waals surface area contributed by atoms with Crippen molar-refractivity contribution in [2.75, 3.05) is 5.32 Å². The van der Waals surface area contributed by atoms with Crippen LogP contribution in [0.1, 0.15) is 42.6 Å². The molecule has 0 spiro atoms. The Morgan fingerprint density at radius 2 is 1.95 bits per heavy atom. The van der Waals surface area contributed by atoms with Gasteiger partial charge in [0.15, 0.2) is 0 Å². The Hall–Kier alpha value is -1.55. The highest BCUT2D eigenvalue weighted by Gasteiger charge is 2.17. The van der Waals surface area contributed by atoms with Crippen LogP contribution in [-0.4, -0.2) is 10.1 Å². The van der Waals surface area contributed by atoms with Gasteiger partial charge in [-0.05, 0) is 25.5 Å². The van der Waals surface area contributed by atoms with E-state index in [0.29, 0.717) is 12.3 Å². The molecule has 20 heavy (non-hydrogen) atoms. The predicted molar refractivity (Wildman–Crippen MR) is 85.7 cm³/mol. The molecule has 2 aromatic rings. The molecule has 1 heterocycles. The summed E-state index contributed by atoms with van der Waals surface area (Å²) in [4.78, 5) is 4.66. The first-order valence-corrected chi connectivity index (χ1v) is 7.65. The quantitative estimate of drug-likeness (QED) is 0.882. The van der Waals surface area contributed by atoms with E-state index in [-0.39, 0.29) is 5.41 Å². The van der Waals surface area contributed by atoms with Crippen molar-refractivity contribution in [3.63, 3.8) is 0 Å². The third kappa shape index (κ3) is 3.12. The molecule has 1 aromatic carbocycles. The fourth-order valence-electron chi connectivity index (χ4n) is 1.95. The molecule has 0 atom stereocenters. The number of nitrogens with one attached hydrogen (secondary N) is 1. The number of hydrogen-bond acceptors (Lipinski definition) is 4. The molecule has 108 valence electrons. The number of nitrogens with zero attached hydrogens (tertiary/aromatic N) is 1. The Kier molecular flexibility index (Phi) is 4.04. The summed E-state index contributed by atoms with van der Waals surface area (Å²) in [6.07, 6.45) is 0. The van der Waals surface area contributed by atoms with E-state index < -0.39 is 0 Å². The number of thiazole rings is 1. The summed E-state index contributed by atoms with van der Waals surface area (Å²) in [5, 5.41) is 16.5. The lowest BCUT2D eigenvalue weighted by Crippen LogP contribution is -2.11. The van der Waals surface area contributed by atoms with Gasteiger partial charge in [-0.1, -0.05) is 26.8 Å². The van der Waals surface area contributed by atoms with Crippen LogP contribution in [0.15, 0.2) is 17.5 Å². The van der Waals surface area contributed by atoms with Gasteiger partial charge in [0.25, 0.3) is 0 Å². The third-order valence-corrected chi connectivity index (χ3v) is 4.60. The van der Waals surface area contributed by atoms with E-state index in [2.05, 4.69) is 36.5 Å². The first-order chi connectivity index (χ1) is 9.29. The summed E-state index contributed by atoms with van der Waals surface area (Å²) < 4.78 is 0. The van der Waals surface area contributed by atoms with Crippen molar-refractivity contribution in [1.82, 2.24) is 4.98 Å². The number of hydrogen-bond donors (Lipinski definition) is 2. The van der Waals surface area contributed by atoms with Crippen LogP contribution in [0.25, 0.3) is 0 Å². The van der Waals surface area contributed by atoms with Crippen molar-refractivity contribution < 1.29 is 5.11 Å². The minimum absolute atomic E-state index is 0.0982. The lowest BCUT2D eigenvalue weighted by Gasteiger charge is -2.14. The number of benzene rings is 1. The van der Waals surface area contributed by atoms with Crippen molar-refractivity contribution in [1.29, 1.82) is 0 Å². The molecule has 0 unspecified atom stereocenters. The number of aromatic hydroxyl groups is 1. The van der Waals surface area contributed by atoms with Crippen molar-refractivity contribution >= 4 is 17.0 Å². The van der Waals surface area contributed by atoms with Crippen LogP contribution >= 0.6 is 11.3 Å². The number of aromatic nitrogens is 1. The molecule has 2 N–H and O–H groups in total. The van der Waals surface area contributed by atoms with E-state index in [4.69, 9.17) is 0 Å². The summed E-state index contributed by atoms with van der Waals surface area (Å²) in [7, 11) is 0. The molecule has 2 rings (SSSR count). The van der Waals surface area contributed by atoms with E-state index in [1.807, 2.05) is 26.0 Å². The highest BCUT2D eigenvalue weighted by molar-refractivity contribution is 7.09. The van der Waals surface area contributed by atoms with Gasteiger partial charge in [-0.3, -0.25) is 0 Å². The van der Waals surface area contributed by atoms with Gasteiger partial charge in [-0.25, -0.2) is 4.98 Å². The van der Waals surface area contributed by atoms with E-state index in [0.717, 1.165) is 27.5 Å². The van der Waals surface area contributed by atoms with Crippen LogP contribution in [0.5, 0.6) is 5.75 Å². The maximum atomic E-state index is 9.94. The third-order valence-electron chi connectivity index (χ3n) is 3.29. The van der Waals surface area contributed by atoms with Gasteiger partial charge >= 0.3 is 0 Å². The summed E-state index contributed by atoms with van der Waals surface area (Å²) in [5.74, 6) is 0.364. The number of phenolic OH excluding ortho intramolecular Hbond substituents is 1. The zero-order valence-electron chi connectivity index (χ0n) is 12.7. The number of aryl methyl sites for hydroxylation is 1. The normalized spacial score (nSPS) is 11.7. The second-order valence-electron chi connectivity index (χ2n) is 6.15. The van der Waals surface area contributed by atoms with Crippen LogP contribution in [0.4, 0.5) is 5.69 Å². The summed E-state index contributed by atoms with van der Waals surface area (Å²) in [6.45, 7) is 11.0. The largest absolute Gasteiger partial charge is 0.507 e. The number of phenols is 1. The Morgan fingerprint density at radius 1 is 1.25 bits per heavy atom. The Bertz CT molecular complexity index is 611. The molecule has 0 aliphatic heterocycles. The fourth-order valence-corrected chi connectivity index (χ4v) is 2.85. The molecule has 0 saturated heterocycles. The Morgan fingerprint density at radius 3 is 2.55 bits per heavy atom. The highest BCUT2D eigenvalue weighted by atomic mass is 32.1. The molecule has 0 fully saturated rings. The monoisotopic (exact) mass is 290 g/mol. The molecule has 0 aliphatic rings. The van der Waals surface area contributed by atoms with Crippen molar-refractivity contribution in [2.45, 2.75) is 46.6 Å². The first-order valence-electron chi connectivity index (χ1n) is 6.77. The number of rotatable bonds is 3. The van der Waals surface area contributed by atoms with Gasteiger partial charge in [0.2, 0.25) is 0 Å². The molecule has 3 nitrogen and oxygen atoms in total. The van der Waals surface area contributed by atoms with Crippen molar-refractivity contribution in [3.8, 4) is 5.75 Å². The van der Waals surface area contributed by atoms with Gasteiger partial charge in [-0.2, -0.15) is 0 Å². The van der Waals surface area contributed by atoms with Gasteiger partial charge in [0.05, 0.1) is 17.2 Å². The molecule has 0 aliphatic carbocycles. The van der Waals surface area contributed by atoms with Crippen LogP contribution in [0, 0.1) is 13.8 Å². The second kappa shape index (κ2) is 5.44. The topological polar surface area (TPSA) is 45.2 Å². The van der Waals surface area contributed by atoms with Gasteiger partial charge in [0, 0.05) is 22.0 Å². The smallest absolute Gasteiger partial charge is 0.123 e. The second-order valence-corrected chi connectivity index (χ2v) is 7.01. The minimum atomic E-state index is 0.0982. The van der Waals surface area contributed by atoms with Gasteiger partial charge in [0.1, 0.15) is 5.75 Å². The lowest BCUT2D eigenvalue weighted by atomic mass is 9.98. The first kappa shape index (κ1) is 14.9. The molecule has 0 saturated carbocycles. The Balaban J connectivity index is 2.10. The zero-order chi connectivity index (χ0) is 14.9. The minimum Gasteiger partial charge on any atom is -0.507 e. The molecular formula is C16H22N2OS. The summed E-state index contributed by atoms with van der Waals surface area (Å²) >= 11 is 1.70. The molecule has 0 bridgehead atoms. The van der Waals surface area contributed by atoms with E-state index in [9.17, 15) is 5.11 Å². The standard InChI is InChI=1S/C16H22N2OS/c1-10-6-7-13(11(2)14(10)19)17-8-12-9-20-15(18-12)16(3,4)5/h6-7,9,17,19H,8H2,1-5H3. The van der Waals surface area contributed by atoms with Gasteiger partial charge < -0.3 is 10.4 Å². The average Bonchev–Trinajstić information content (AvgIpc) is 2.84. The summed E-state index contributed by atoms with van der Waals surface area (Å²) in [5.41, 5.74) is 3.88. The molecular weight excluding hydrogens is 268 g/mol. The van der Waals surface area contributed by atoms with Crippen molar-refractivity contribution in [3.05, 3.63) is 39.3 Å². The van der Waals surface area contributed by atoms with Crippen molar-refractivity contribution in [2.24, 2.45) is 0 Å². The molecule has 0 amide bonds. The molecule has 4 heteroatoms. The van der Waals surface area contributed by atoms with Crippen LogP contribution in [0.2, 0.25) is 0 Å². The highest BCUT2D eigenvalue weighted by Crippen LogP contribution is 2.29. The average molecular weight is 290 g/mol. The zero-order valence-corrected chi connectivity index (χ0v) is 13.6. The molecule has 1 aromatic heterocycles. The maximum absolute atomic E-state index is 9.94. The van der Waals surface area contributed by atoms with Crippen LogP contribution < -0.4 is 5.32 Å². The molecule has 0 radical (unpaired) electrons. The van der Waals surface area contributed by atoms with E-state index >= 15 is 0 Å². The SMILES string of the molecule is Cc1ccc(NCc2csc(C(C)(C)C)n2)c(C)c1O. The summed E-state index contributed by atoms with van der Waals surface area (Å²) in [6, 6.07) is 3.92.